The minimum atomic E-state index is -0.526. The van der Waals surface area contributed by atoms with Crippen molar-refractivity contribution in [2.75, 3.05) is 26.8 Å². The van der Waals surface area contributed by atoms with E-state index in [1.165, 1.54) is 0 Å². The molecule has 2 saturated heterocycles. The van der Waals surface area contributed by atoms with E-state index in [0.717, 1.165) is 11.1 Å². The molecule has 0 saturated carbocycles. The van der Waals surface area contributed by atoms with Gasteiger partial charge < -0.3 is 28.4 Å². The zero-order valence-corrected chi connectivity index (χ0v) is 18.0. The Kier molecular flexibility index (Phi) is 7.16. The summed E-state index contributed by atoms with van der Waals surface area (Å²) in [5.41, 5.74) is 3.05. The van der Waals surface area contributed by atoms with Crippen LogP contribution in [0.25, 0.3) is 0 Å². The Balaban J connectivity index is 1.32. The molecule has 0 spiro atoms. The van der Waals surface area contributed by atoms with Crippen LogP contribution in [0.1, 0.15) is 31.8 Å². The molecule has 2 heterocycles. The Morgan fingerprint density at radius 2 is 1.06 bits per heavy atom. The van der Waals surface area contributed by atoms with Crippen molar-refractivity contribution in [3.63, 3.8) is 0 Å². The first-order chi connectivity index (χ1) is 15.5. The van der Waals surface area contributed by atoms with Gasteiger partial charge in [-0.25, -0.2) is 9.59 Å². The van der Waals surface area contributed by atoms with Crippen molar-refractivity contribution in [2.24, 2.45) is 0 Å². The van der Waals surface area contributed by atoms with Crippen molar-refractivity contribution in [1.82, 2.24) is 0 Å². The molecule has 4 atom stereocenters. The lowest BCUT2D eigenvalue weighted by Crippen LogP contribution is -2.59. The van der Waals surface area contributed by atoms with E-state index < -0.39 is 36.4 Å². The van der Waals surface area contributed by atoms with Gasteiger partial charge in [0.25, 0.3) is 0 Å². The Bertz CT molecular complexity index is 847. The quantitative estimate of drug-likeness (QED) is 0.631. The fourth-order valence-corrected chi connectivity index (χ4v) is 3.58. The summed E-state index contributed by atoms with van der Waals surface area (Å²) in [5.74, 6) is -0.875. The second kappa shape index (κ2) is 10.2. The van der Waals surface area contributed by atoms with Gasteiger partial charge in [0.15, 0.2) is 0 Å². The summed E-state index contributed by atoms with van der Waals surface area (Å²) in [6.07, 6.45) is -2.09. The maximum absolute atomic E-state index is 12.3. The van der Waals surface area contributed by atoms with E-state index in [-0.39, 0.29) is 26.8 Å². The van der Waals surface area contributed by atoms with E-state index in [4.69, 9.17) is 28.4 Å². The number of ether oxygens (including phenoxy) is 6. The SMILES string of the molecule is Cc1ccc(C(=O)OC[C@@H]2OCOC3C2OCO[C@@H]3COC(=O)c2ccc(C)cc2)cc1. The molecule has 0 aromatic heterocycles. The van der Waals surface area contributed by atoms with Gasteiger partial charge in [-0.15, -0.1) is 0 Å². The lowest BCUT2D eigenvalue weighted by Gasteiger charge is -2.43. The molecule has 32 heavy (non-hydrogen) atoms. The van der Waals surface area contributed by atoms with Gasteiger partial charge in [-0.2, -0.15) is 0 Å². The van der Waals surface area contributed by atoms with Gasteiger partial charge in [-0.1, -0.05) is 35.4 Å². The van der Waals surface area contributed by atoms with Crippen LogP contribution in [-0.2, 0) is 28.4 Å². The fourth-order valence-electron chi connectivity index (χ4n) is 3.58. The van der Waals surface area contributed by atoms with E-state index in [9.17, 15) is 9.59 Å². The molecule has 0 N–H and O–H groups in total. The van der Waals surface area contributed by atoms with Gasteiger partial charge in [0.1, 0.15) is 51.2 Å². The molecule has 170 valence electrons. The number of carbonyl (C=O) groups is 2. The monoisotopic (exact) mass is 442 g/mol. The van der Waals surface area contributed by atoms with Crippen molar-refractivity contribution >= 4 is 11.9 Å². The van der Waals surface area contributed by atoms with Gasteiger partial charge in [0.2, 0.25) is 0 Å². The smallest absolute Gasteiger partial charge is 0.338 e. The number of carbonyl (C=O) groups excluding carboxylic acids is 2. The van der Waals surface area contributed by atoms with Crippen LogP contribution in [0.4, 0.5) is 0 Å². The second-order valence-corrected chi connectivity index (χ2v) is 7.84. The first kappa shape index (κ1) is 22.4. The molecule has 2 fully saturated rings. The molecule has 0 radical (unpaired) electrons. The molecule has 2 aliphatic rings. The van der Waals surface area contributed by atoms with Gasteiger partial charge in [0.05, 0.1) is 11.1 Å². The van der Waals surface area contributed by atoms with Crippen molar-refractivity contribution in [3.8, 4) is 0 Å². The van der Waals surface area contributed by atoms with Gasteiger partial charge in [0, 0.05) is 0 Å². The maximum atomic E-state index is 12.3. The summed E-state index contributed by atoms with van der Waals surface area (Å²) >= 11 is 0. The molecule has 2 aromatic rings. The standard InChI is InChI=1S/C24H26O8/c1-15-3-7-17(8-4-15)23(25)27-11-19-21-22(32-13-29-19)20(30-14-31-21)12-28-24(26)18-9-5-16(2)6-10-18/h3-10,19-22H,11-14H2,1-2H3/t19-,20+,21?,22?. The van der Waals surface area contributed by atoms with Gasteiger partial charge in [-0.3, -0.25) is 0 Å². The first-order valence-corrected chi connectivity index (χ1v) is 10.5. The summed E-state index contributed by atoms with van der Waals surface area (Å²) in [6, 6.07) is 14.3. The van der Waals surface area contributed by atoms with Crippen molar-refractivity contribution in [2.45, 2.75) is 38.3 Å². The molecule has 0 aliphatic carbocycles. The largest absolute Gasteiger partial charge is 0.459 e. The fraction of sp³-hybridized carbons (Fsp3) is 0.417. The van der Waals surface area contributed by atoms with Gasteiger partial charge in [-0.05, 0) is 38.1 Å². The zero-order chi connectivity index (χ0) is 22.5. The van der Waals surface area contributed by atoms with E-state index in [1.807, 2.05) is 38.1 Å². The van der Waals surface area contributed by atoms with Gasteiger partial charge >= 0.3 is 11.9 Å². The Hall–Kier alpha value is -2.78. The summed E-state index contributed by atoms with van der Waals surface area (Å²) in [6.45, 7) is 3.89. The van der Waals surface area contributed by atoms with E-state index in [0.29, 0.717) is 11.1 Å². The third-order valence-corrected chi connectivity index (χ3v) is 5.47. The van der Waals surface area contributed by atoms with Crippen LogP contribution >= 0.6 is 0 Å². The topological polar surface area (TPSA) is 89.5 Å². The van der Waals surface area contributed by atoms with Crippen molar-refractivity contribution < 1.29 is 38.0 Å². The van der Waals surface area contributed by atoms with Crippen molar-refractivity contribution in [1.29, 1.82) is 0 Å². The normalized spacial score (nSPS) is 24.9. The van der Waals surface area contributed by atoms with Crippen LogP contribution in [0.3, 0.4) is 0 Å². The van der Waals surface area contributed by atoms with Crippen molar-refractivity contribution in [3.05, 3.63) is 70.8 Å². The first-order valence-electron chi connectivity index (χ1n) is 10.5. The highest BCUT2D eigenvalue weighted by atomic mass is 16.8. The van der Waals surface area contributed by atoms with E-state index in [1.54, 1.807) is 24.3 Å². The molecule has 8 heteroatoms. The molecule has 0 amide bonds. The number of aryl methyl sites for hydroxylation is 2. The summed E-state index contributed by atoms with van der Waals surface area (Å²) in [4.78, 5) is 24.6. The predicted molar refractivity (Wildman–Crippen MR) is 112 cm³/mol. The Morgan fingerprint density at radius 3 is 1.44 bits per heavy atom. The summed E-state index contributed by atoms with van der Waals surface area (Å²) < 4.78 is 33.5. The molecule has 8 nitrogen and oxygen atoms in total. The highest BCUT2D eigenvalue weighted by molar-refractivity contribution is 5.89. The number of fused-ring (bicyclic) bond motifs is 1. The molecular formula is C24H26O8. The number of benzene rings is 2. The lowest BCUT2D eigenvalue weighted by molar-refractivity contribution is -0.328. The molecule has 2 unspecified atom stereocenters. The average molecular weight is 442 g/mol. The van der Waals surface area contributed by atoms with Crippen LogP contribution < -0.4 is 0 Å². The zero-order valence-electron chi connectivity index (χ0n) is 18.0. The summed E-state index contributed by atoms with van der Waals surface area (Å²) in [7, 11) is 0. The number of hydrogen-bond acceptors (Lipinski definition) is 8. The number of esters is 2. The minimum Gasteiger partial charge on any atom is -0.459 e. The second-order valence-electron chi connectivity index (χ2n) is 7.84. The lowest BCUT2D eigenvalue weighted by atomic mass is 10.0. The Labute approximate surface area is 186 Å². The molecule has 2 aromatic carbocycles. The third-order valence-electron chi connectivity index (χ3n) is 5.47. The molecule has 4 rings (SSSR count). The Morgan fingerprint density at radius 1 is 0.688 bits per heavy atom. The van der Waals surface area contributed by atoms with Crippen LogP contribution in [0.5, 0.6) is 0 Å². The van der Waals surface area contributed by atoms with Crippen LogP contribution in [0.15, 0.2) is 48.5 Å². The molecule has 0 bridgehead atoms. The maximum Gasteiger partial charge on any atom is 0.338 e. The third kappa shape index (κ3) is 5.34. The predicted octanol–water partition coefficient (Wildman–Crippen LogP) is 2.80. The summed E-state index contributed by atoms with van der Waals surface area (Å²) in [5, 5.41) is 0. The number of rotatable bonds is 6. The average Bonchev–Trinajstić information content (AvgIpc) is 2.81. The molecule has 2 aliphatic heterocycles. The molecular weight excluding hydrogens is 416 g/mol. The van der Waals surface area contributed by atoms with Crippen LogP contribution in [-0.4, -0.2) is 63.2 Å². The van der Waals surface area contributed by atoms with E-state index >= 15 is 0 Å². The highest BCUT2D eigenvalue weighted by Crippen LogP contribution is 2.27. The number of hydrogen-bond donors (Lipinski definition) is 0. The highest BCUT2D eigenvalue weighted by Gasteiger charge is 2.45. The van der Waals surface area contributed by atoms with Crippen LogP contribution in [0, 0.1) is 13.8 Å². The van der Waals surface area contributed by atoms with Crippen LogP contribution in [0.2, 0.25) is 0 Å². The minimum absolute atomic E-state index is 0.00705. The van der Waals surface area contributed by atoms with E-state index in [2.05, 4.69) is 0 Å².